The molecule has 0 radical (unpaired) electrons. The van der Waals surface area contributed by atoms with Crippen LogP contribution < -0.4 is 4.74 Å². The number of phenolic OH excluding ortho intramolecular Hbond substituents is 1. The van der Waals surface area contributed by atoms with E-state index in [2.05, 4.69) is 20.9 Å². The molecule has 0 spiro atoms. The van der Waals surface area contributed by atoms with Gasteiger partial charge >= 0.3 is 0 Å². The quantitative estimate of drug-likeness (QED) is 0.272. The zero-order valence-electron chi connectivity index (χ0n) is 14.2. The molecule has 0 saturated carbocycles. The summed E-state index contributed by atoms with van der Waals surface area (Å²) in [5.74, 6) is 0.0577. The van der Waals surface area contributed by atoms with E-state index in [-0.39, 0.29) is 21.5 Å². The lowest BCUT2D eigenvalue weighted by Gasteiger charge is -2.06. The van der Waals surface area contributed by atoms with E-state index in [1.807, 2.05) is 31.2 Å². The summed E-state index contributed by atoms with van der Waals surface area (Å²) in [6.45, 7) is 2.47. The molecule has 0 aliphatic rings. The fourth-order valence-corrected chi connectivity index (χ4v) is 3.55. The molecule has 0 aliphatic heterocycles. The van der Waals surface area contributed by atoms with Gasteiger partial charge in [-0.25, -0.2) is 4.98 Å². The molecule has 0 amide bonds. The molecule has 0 bridgehead atoms. The van der Waals surface area contributed by atoms with Crippen molar-refractivity contribution in [1.82, 2.24) is 4.98 Å². The minimum Gasteiger partial charge on any atom is -0.506 e. The van der Waals surface area contributed by atoms with E-state index in [9.17, 15) is 9.90 Å². The highest BCUT2D eigenvalue weighted by Crippen LogP contribution is 2.32. The second kappa shape index (κ2) is 8.30. The standard InChI is InChI=1S/C20H14BrCl2NO3/c1-2-27-14-4-5-17-12(8-14)7-11(20(23)24-17)3-6-18(25)15-9-13(21)10-16(22)19(15)26/h3-10,26H,2H2,1H3/b6-3+. The topological polar surface area (TPSA) is 59.4 Å². The monoisotopic (exact) mass is 465 g/mol. The Morgan fingerprint density at radius 3 is 2.78 bits per heavy atom. The fourth-order valence-electron chi connectivity index (χ4n) is 2.53. The van der Waals surface area contributed by atoms with Crippen LogP contribution in [0.15, 0.2) is 46.9 Å². The summed E-state index contributed by atoms with van der Waals surface area (Å²) in [6.07, 6.45) is 2.87. The lowest BCUT2D eigenvalue weighted by molar-refractivity contribution is 0.104. The molecule has 27 heavy (non-hydrogen) atoms. The van der Waals surface area contributed by atoms with Crippen LogP contribution in [0.3, 0.4) is 0 Å². The van der Waals surface area contributed by atoms with Crippen molar-refractivity contribution >= 4 is 61.9 Å². The Kier molecular flexibility index (Phi) is 6.05. The predicted octanol–water partition coefficient (Wildman–Crippen LogP) is 6.30. The Bertz CT molecular complexity index is 1070. The molecule has 1 N–H and O–H groups in total. The van der Waals surface area contributed by atoms with Gasteiger partial charge in [-0.3, -0.25) is 4.79 Å². The van der Waals surface area contributed by atoms with Crippen LogP contribution in [-0.4, -0.2) is 22.5 Å². The number of carbonyl (C=O) groups is 1. The Balaban J connectivity index is 1.95. The smallest absolute Gasteiger partial charge is 0.189 e. The first-order valence-corrected chi connectivity index (χ1v) is 9.57. The van der Waals surface area contributed by atoms with Gasteiger partial charge in [-0.1, -0.05) is 39.1 Å². The highest BCUT2D eigenvalue weighted by molar-refractivity contribution is 9.10. The molecule has 4 nitrogen and oxygen atoms in total. The highest BCUT2D eigenvalue weighted by atomic mass is 79.9. The Hall–Kier alpha value is -2.08. The van der Waals surface area contributed by atoms with Gasteiger partial charge < -0.3 is 9.84 Å². The van der Waals surface area contributed by atoms with Gasteiger partial charge in [0.2, 0.25) is 0 Å². The second-order valence-electron chi connectivity index (χ2n) is 5.64. The van der Waals surface area contributed by atoms with Crippen molar-refractivity contribution in [1.29, 1.82) is 0 Å². The minimum absolute atomic E-state index is 0.0918. The van der Waals surface area contributed by atoms with Crippen LogP contribution in [0.25, 0.3) is 17.0 Å². The number of fused-ring (bicyclic) bond motifs is 1. The zero-order valence-corrected chi connectivity index (χ0v) is 17.3. The average Bonchev–Trinajstić information content (AvgIpc) is 2.63. The number of ketones is 1. The third kappa shape index (κ3) is 4.43. The molecule has 0 saturated heterocycles. The summed E-state index contributed by atoms with van der Waals surface area (Å²) in [4.78, 5) is 16.8. The van der Waals surface area contributed by atoms with E-state index in [0.717, 1.165) is 16.7 Å². The molecule has 0 fully saturated rings. The normalized spacial score (nSPS) is 11.3. The van der Waals surface area contributed by atoms with E-state index < -0.39 is 5.78 Å². The first kappa shape index (κ1) is 19.7. The zero-order chi connectivity index (χ0) is 19.6. The van der Waals surface area contributed by atoms with Gasteiger partial charge in [-0.2, -0.15) is 0 Å². The van der Waals surface area contributed by atoms with Crippen molar-refractivity contribution in [2.24, 2.45) is 0 Å². The van der Waals surface area contributed by atoms with Crippen LogP contribution in [-0.2, 0) is 0 Å². The molecule has 1 aromatic heterocycles. The number of nitrogens with zero attached hydrogens (tertiary/aromatic N) is 1. The van der Waals surface area contributed by atoms with Crippen molar-refractivity contribution < 1.29 is 14.6 Å². The van der Waals surface area contributed by atoms with Gasteiger partial charge in [0.25, 0.3) is 0 Å². The third-order valence-corrected chi connectivity index (χ3v) is 4.83. The first-order valence-electron chi connectivity index (χ1n) is 8.02. The Morgan fingerprint density at radius 1 is 1.26 bits per heavy atom. The number of halogens is 3. The number of hydrogen-bond donors (Lipinski definition) is 1. The fraction of sp³-hybridized carbons (Fsp3) is 0.100. The molecule has 1 heterocycles. The van der Waals surface area contributed by atoms with E-state index in [1.54, 1.807) is 6.08 Å². The number of ether oxygens (including phenoxy) is 1. The van der Waals surface area contributed by atoms with E-state index in [1.165, 1.54) is 18.2 Å². The van der Waals surface area contributed by atoms with Gasteiger partial charge in [-0.05, 0) is 55.5 Å². The van der Waals surface area contributed by atoms with Crippen LogP contribution in [0, 0.1) is 0 Å². The number of rotatable bonds is 5. The Morgan fingerprint density at radius 2 is 2.04 bits per heavy atom. The van der Waals surface area contributed by atoms with Crippen LogP contribution in [0.1, 0.15) is 22.8 Å². The van der Waals surface area contributed by atoms with E-state index >= 15 is 0 Å². The number of phenols is 1. The van der Waals surface area contributed by atoms with Crippen molar-refractivity contribution in [3.8, 4) is 11.5 Å². The maximum Gasteiger partial charge on any atom is 0.189 e. The van der Waals surface area contributed by atoms with E-state index in [0.29, 0.717) is 16.6 Å². The summed E-state index contributed by atoms with van der Waals surface area (Å²) >= 11 is 15.4. The molecule has 0 unspecified atom stereocenters. The summed E-state index contributed by atoms with van der Waals surface area (Å²) in [5, 5.41) is 11.2. The number of aromatic nitrogens is 1. The van der Waals surface area contributed by atoms with Gasteiger partial charge in [-0.15, -0.1) is 0 Å². The largest absolute Gasteiger partial charge is 0.506 e. The van der Waals surface area contributed by atoms with Crippen molar-refractivity contribution in [3.05, 3.63) is 68.2 Å². The second-order valence-corrected chi connectivity index (χ2v) is 7.32. The first-order chi connectivity index (χ1) is 12.9. The molecule has 0 atom stereocenters. The minimum atomic E-state index is -0.407. The van der Waals surface area contributed by atoms with Gasteiger partial charge in [0.15, 0.2) is 5.78 Å². The summed E-state index contributed by atoms with van der Waals surface area (Å²) in [6, 6.07) is 10.4. The Labute approximate surface area is 174 Å². The number of pyridine rings is 1. The predicted molar refractivity (Wildman–Crippen MR) is 112 cm³/mol. The van der Waals surface area contributed by atoms with Crippen LogP contribution in [0.2, 0.25) is 10.2 Å². The SMILES string of the molecule is CCOc1ccc2nc(Cl)c(/C=C/C(=O)c3cc(Br)cc(Cl)c3O)cc2c1. The summed E-state index contributed by atoms with van der Waals surface area (Å²) in [7, 11) is 0. The maximum absolute atomic E-state index is 12.4. The van der Waals surface area contributed by atoms with E-state index in [4.69, 9.17) is 27.9 Å². The van der Waals surface area contributed by atoms with Crippen molar-refractivity contribution in [2.75, 3.05) is 6.61 Å². The van der Waals surface area contributed by atoms with Crippen LogP contribution >= 0.6 is 39.1 Å². The summed E-state index contributed by atoms with van der Waals surface area (Å²) < 4.78 is 6.09. The van der Waals surface area contributed by atoms with Crippen LogP contribution in [0.5, 0.6) is 11.5 Å². The number of allylic oxidation sites excluding steroid dienone is 1. The molecule has 7 heteroatoms. The molecule has 3 aromatic rings. The lowest BCUT2D eigenvalue weighted by Crippen LogP contribution is -1.96. The summed E-state index contributed by atoms with van der Waals surface area (Å²) in [5.41, 5.74) is 1.39. The molecular weight excluding hydrogens is 453 g/mol. The lowest BCUT2D eigenvalue weighted by atomic mass is 10.1. The molecule has 2 aromatic carbocycles. The highest BCUT2D eigenvalue weighted by Gasteiger charge is 2.13. The molecule has 138 valence electrons. The molecule has 3 rings (SSSR count). The van der Waals surface area contributed by atoms with Crippen molar-refractivity contribution in [3.63, 3.8) is 0 Å². The third-order valence-electron chi connectivity index (χ3n) is 3.79. The average molecular weight is 467 g/mol. The van der Waals surface area contributed by atoms with Gasteiger partial charge in [0.1, 0.15) is 16.7 Å². The molecular formula is C20H14BrCl2NO3. The van der Waals surface area contributed by atoms with Gasteiger partial charge in [0, 0.05) is 15.4 Å². The number of carbonyl (C=O) groups excluding carboxylic acids is 1. The van der Waals surface area contributed by atoms with Crippen LogP contribution in [0.4, 0.5) is 0 Å². The molecule has 0 aliphatic carbocycles. The number of hydrogen-bond acceptors (Lipinski definition) is 4. The maximum atomic E-state index is 12.4. The van der Waals surface area contributed by atoms with Gasteiger partial charge in [0.05, 0.1) is 22.7 Å². The van der Waals surface area contributed by atoms with Crippen molar-refractivity contribution in [2.45, 2.75) is 6.92 Å². The number of benzene rings is 2. The number of aromatic hydroxyl groups is 1.